The number of nitrogens with one attached hydrogen (secondary N) is 1. The molecule has 4 aromatic rings. The normalized spacial score (nSPS) is 15.1. The Morgan fingerprint density at radius 3 is 2.73 bits per heavy atom. The number of carbonyl (C=O) groups is 1. The molecule has 0 aliphatic carbocycles. The van der Waals surface area contributed by atoms with Gasteiger partial charge in [0.05, 0.1) is 30.4 Å². The molecule has 37 heavy (non-hydrogen) atoms. The number of pyridine rings is 1. The molecule has 1 aliphatic rings. The number of fused-ring (bicyclic) bond motifs is 1. The third kappa shape index (κ3) is 4.84. The van der Waals surface area contributed by atoms with Crippen LogP contribution in [0.1, 0.15) is 36.8 Å². The number of methoxy groups -OCH3 is 1. The van der Waals surface area contributed by atoms with Crippen molar-refractivity contribution in [3.63, 3.8) is 0 Å². The van der Waals surface area contributed by atoms with Crippen molar-refractivity contribution < 1.29 is 19.0 Å². The molecule has 1 atom stereocenters. The van der Waals surface area contributed by atoms with Crippen LogP contribution in [-0.4, -0.2) is 61.6 Å². The maximum Gasteiger partial charge on any atom is 0.251 e. The molecule has 192 valence electrons. The molecule has 3 aromatic heterocycles. The molecule has 0 radical (unpaired) electrons. The molecule has 0 spiro atoms. The fourth-order valence-corrected chi connectivity index (χ4v) is 4.80. The quantitative estimate of drug-likeness (QED) is 0.408. The Kier molecular flexibility index (Phi) is 6.75. The van der Waals surface area contributed by atoms with Crippen molar-refractivity contribution in [1.29, 1.82) is 0 Å². The summed E-state index contributed by atoms with van der Waals surface area (Å²) in [6, 6.07) is 8.99. The molecule has 10 heteroatoms. The molecule has 1 aromatic carbocycles. The lowest BCUT2D eigenvalue weighted by Gasteiger charge is -2.33. The van der Waals surface area contributed by atoms with Crippen molar-refractivity contribution in [2.75, 3.05) is 25.5 Å². The minimum Gasteiger partial charge on any atom is -0.495 e. The Balaban J connectivity index is 1.36. The summed E-state index contributed by atoms with van der Waals surface area (Å²) in [6.07, 6.45) is 5.74. The van der Waals surface area contributed by atoms with Crippen molar-refractivity contribution >= 4 is 23.2 Å². The molecule has 2 N–H and O–H groups in total. The minimum absolute atomic E-state index is 0.220. The third-order valence-corrected chi connectivity index (χ3v) is 6.81. The van der Waals surface area contributed by atoms with Gasteiger partial charge in [0.1, 0.15) is 11.9 Å². The van der Waals surface area contributed by atoms with E-state index in [1.54, 1.807) is 41.1 Å². The topological polar surface area (TPSA) is 105 Å². The molecular formula is C27H29FN6O3. The van der Waals surface area contributed by atoms with E-state index >= 15 is 0 Å². The lowest BCUT2D eigenvalue weighted by Crippen LogP contribution is -2.42. The summed E-state index contributed by atoms with van der Waals surface area (Å²) in [6.45, 7) is 4.63. The largest absolute Gasteiger partial charge is 0.495 e. The Labute approximate surface area is 214 Å². The van der Waals surface area contributed by atoms with Crippen LogP contribution in [0.5, 0.6) is 5.75 Å². The number of aromatic nitrogens is 4. The smallest absolute Gasteiger partial charge is 0.251 e. The highest BCUT2D eigenvalue weighted by Gasteiger charge is 2.26. The monoisotopic (exact) mass is 504 g/mol. The van der Waals surface area contributed by atoms with Crippen LogP contribution < -0.4 is 10.1 Å². The number of amides is 1. The van der Waals surface area contributed by atoms with Gasteiger partial charge in [-0.3, -0.25) is 9.20 Å². The molecule has 0 saturated carbocycles. The van der Waals surface area contributed by atoms with Gasteiger partial charge in [-0.1, -0.05) is 6.07 Å². The number of piperidine rings is 1. The van der Waals surface area contributed by atoms with Gasteiger partial charge in [0, 0.05) is 25.5 Å². The van der Waals surface area contributed by atoms with Crippen molar-refractivity contribution in [3.8, 4) is 17.1 Å². The third-order valence-electron chi connectivity index (χ3n) is 6.81. The number of hydrogen-bond acceptors (Lipinski definition) is 7. The van der Waals surface area contributed by atoms with Gasteiger partial charge in [-0.15, -0.1) is 0 Å². The summed E-state index contributed by atoms with van der Waals surface area (Å²) in [5.41, 5.74) is 4.23. The number of imidazole rings is 1. The van der Waals surface area contributed by atoms with Crippen LogP contribution in [0.25, 0.3) is 17.0 Å². The number of hydrogen-bond donors (Lipinski definition) is 2. The molecule has 1 unspecified atom stereocenters. The maximum absolute atomic E-state index is 14.1. The molecular weight excluding hydrogens is 475 g/mol. The van der Waals surface area contributed by atoms with Gasteiger partial charge in [-0.25, -0.2) is 19.3 Å². The van der Waals surface area contributed by atoms with Gasteiger partial charge in [0.2, 0.25) is 5.95 Å². The highest BCUT2D eigenvalue weighted by atomic mass is 19.1. The van der Waals surface area contributed by atoms with Crippen LogP contribution in [0, 0.1) is 12.7 Å². The molecule has 5 rings (SSSR count). The van der Waals surface area contributed by atoms with Crippen molar-refractivity contribution in [2.45, 2.75) is 38.7 Å². The van der Waals surface area contributed by atoms with Gasteiger partial charge in [0.15, 0.2) is 11.5 Å². The number of carbonyl (C=O) groups excluding carboxylic acids is 1. The summed E-state index contributed by atoms with van der Waals surface area (Å²) in [5, 5.41) is 12.8. The fourth-order valence-electron chi connectivity index (χ4n) is 4.80. The fraction of sp³-hybridized carbons (Fsp3) is 0.333. The number of aryl methyl sites for hydroxylation is 1. The van der Waals surface area contributed by atoms with E-state index in [0.29, 0.717) is 47.8 Å². The van der Waals surface area contributed by atoms with Crippen LogP contribution in [0.2, 0.25) is 0 Å². The van der Waals surface area contributed by atoms with Crippen LogP contribution >= 0.6 is 0 Å². The standard InChI is InChI=1S/C27H29FN6O3/c1-16-14-30-27(32-24(16)22-15-29-25-20(28)5-4-10-34(22)25)31-21-7-6-19(13-23(21)37-3)18-8-11-33(12-9-18)26(36)17(2)35/h4-7,10,13-15,17-18,35H,8-9,11-12H2,1-3H3,(H,30,31,32). The molecule has 9 nitrogen and oxygen atoms in total. The Morgan fingerprint density at radius 1 is 1.22 bits per heavy atom. The predicted octanol–water partition coefficient (Wildman–Crippen LogP) is 4.08. The molecule has 1 amide bonds. The molecule has 0 bridgehead atoms. The lowest BCUT2D eigenvalue weighted by molar-refractivity contribution is -0.140. The van der Waals surface area contributed by atoms with E-state index in [4.69, 9.17) is 9.72 Å². The number of ether oxygens (including phenoxy) is 1. The number of likely N-dealkylation sites (tertiary alicyclic amines) is 1. The molecule has 1 fully saturated rings. The van der Waals surface area contributed by atoms with Crippen LogP contribution in [-0.2, 0) is 4.79 Å². The van der Waals surface area contributed by atoms with Crippen molar-refractivity contribution in [2.24, 2.45) is 0 Å². The number of nitrogens with zero attached hydrogens (tertiary/aromatic N) is 5. The number of rotatable bonds is 6. The van der Waals surface area contributed by atoms with Crippen LogP contribution in [0.4, 0.5) is 16.0 Å². The van der Waals surface area contributed by atoms with Gasteiger partial charge >= 0.3 is 0 Å². The van der Waals surface area contributed by atoms with E-state index < -0.39 is 11.9 Å². The summed E-state index contributed by atoms with van der Waals surface area (Å²) in [4.78, 5) is 27.1. The highest BCUT2D eigenvalue weighted by molar-refractivity contribution is 5.80. The lowest BCUT2D eigenvalue weighted by atomic mass is 9.89. The van der Waals surface area contributed by atoms with Crippen LogP contribution in [0.15, 0.2) is 48.9 Å². The summed E-state index contributed by atoms with van der Waals surface area (Å²) >= 11 is 0. The maximum atomic E-state index is 14.1. The number of aliphatic hydroxyl groups is 1. The second kappa shape index (κ2) is 10.1. The van der Waals surface area contributed by atoms with Gasteiger partial charge in [-0.2, -0.15) is 0 Å². The summed E-state index contributed by atoms with van der Waals surface area (Å²) in [5.74, 6) is 0.704. The van der Waals surface area contributed by atoms with Crippen molar-refractivity contribution in [1.82, 2.24) is 24.3 Å². The van der Waals surface area contributed by atoms with E-state index in [9.17, 15) is 14.3 Å². The predicted molar refractivity (Wildman–Crippen MR) is 137 cm³/mol. The van der Waals surface area contributed by atoms with Gasteiger partial charge in [0.25, 0.3) is 5.91 Å². The van der Waals surface area contributed by atoms with E-state index in [0.717, 1.165) is 24.0 Å². The summed E-state index contributed by atoms with van der Waals surface area (Å²) in [7, 11) is 1.61. The first-order valence-corrected chi connectivity index (χ1v) is 12.2. The first kappa shape index (κ1) is 24.6. The molecule has 1 aliphatic heterocycles. The van der Waals surface area contributed by atoms with E-state index in [2.05, 4.69) is 15.3 Å². The van der Waals surface area contributed by atoms with E-state index in [1.165, 1.54) is 13.0 Å². The average molecular weight is 505 g/mol. The first-order valence-electron chi connectivity index (χ1n) is 12.2. The number of benzene rings is 1. The Morgan fingerprint density at radius 2 is 2.00 bits per heavy atom. The zero-order valence-corrected chi connectivity index (χ0v) is 21.0. The second-order valence-electron chi connectivity index (χ2n) is 9.28. The summed E-state index contributed by atoms with van der Waals surface area (Å²) < 4.78 is 21.5. The second-order valence-corrected chi connectivity index (χ2v) is 9.28. The van der Waals surface area contributed by atoms with Gasteiger partial charge < -0.3 is 20.1 Å². The van der Waals surface area contributed by atoms with E-state index in [1.807, 2.05) is 25.1 Å². The van der Waals surface area contributed by atoms with Crippen molar-refractivity contribution in [3.05, 3.63) is 65.9 Å². The highest BCUT2D eigenvalue weighted by Crippen LogP contribution is 2.35. The van der Waals surface area contributed by atoms with E-state index in [-0.39, 0.29) is 11.6 Å². The zero-order chi connectivity index (χ0) is 26.1. The minimum atomic E-state index is -0.972. The first-order chi connectivity index (χ1) is 17.9. The molecule has 1 saturated heterocycles. The zero-order valence-electron chi connectivity index (χ0n) is 21.0. The molecule has 4 heterocycles. The number of aliphatic hydroxyl groups excluding tert-OH is 1. The SMILES string of the molecule is COc1cc(C2CCN(C(=O)C(C)O)CC2)ccc1Nc1ncc(C)c(-c2cnc3c(F)cccn23)n1. The average Bonchev–Trinajstić information content (AvgIpc) is 3.35. The number of anilines is 2. The number of halogens is 1. The van der Waals surface area contributed by atoms with Crippen LogP contribution in [0.3, 0.4) is 0 Å². The van der Waals surface area contributed by atoms with Gasteiger partial charge in [-0.05, 0) is 68.0 Å². The Hall–Kier alpha value is -4.05. The Bertz CT molecular complexity index is 1450.